The topological polar surface area (TPSA) is 71.5 Å². The Hall–Kier alpha value is -1.47. The molecule has 7 heteroatoms. The number of likely N-dealkylation sites (tertiary alicyclic amines) is 1. The lowest BCUT2D eigenvalue weighted by atomic mass is 9.99. The van der Waals surface area contributed by atoms with Crippen LogP contribution in [0.2, 0.25) is 0 Å². The monoisotopic (exact) mass is 311 g/mol. The highest BCUT2D eigenvalue weighted by Crippen LogP contribution is 2.20. The van der Waals surface area contributed by atoms with Crippen LogP contribution in [0.15, 0.2) is 5.38 Å². The van der Waals surface area contributed by atoms with Crippen LogP contribution in [-0.2, 0) is 14.3 Å². The molecule has 6 nitrogen and oxygen atoms in total. The molecule has 1 aliphatic heterocycles. The number of methoxy groups -OCH3 is 1. The van der Waals surface area contributed by atoms with Crippen LogP contribution < -0.4 is 5.32 Å². The zero-order valence-electron chi connectivity index (χ0n) is 12.4. The number of thiazole rings is 1. The number of carbonyl (C=O) groups excluding carboxylic acids is 2. The van der Waals surface area contributed by atoms with Crippen molar-refractivity contribution in [3.8, 4) is 0 Å². The summed E-state index contributed by atoms with van der Waals surface area (Å²) in [6.45, 7) is 3.02. The third-order valence-corrected chi connectivity index (χ3v) is 4.47. The number of aromatic nitrogens is 1. The van der Waals surface area contributed by atoms with E-state index in [1.165, 1.54) is 18.4 Å². The summed E-state index contributed by atoms with van der Waals surface area (Å²) in [5.41, 5.74) is 0.900. The van der Waals surface area contributed by atoms with Crippen LogP contribution in [0.5, 0.6) is 0 Å². The van der Waals surface area contributed by atoms with Gasteiger partial charge in [-0.1, -0.05) is 6.42 Å². The second-order valence-corrected chi connectivity index (χ2v) is 6.10. The first kappa shape index (κ1) is 15.9. The SMILES string of the molecule is COC(=O)CC1CCCCN1CC(=O)Nc1nc(C)cs1. The van der Waals surface area contributed by atoms with Gasteiger partial charge in [0.2, 0.25) is 5.91 Å². The molecule has 2 heterocycles. The summed E-state index contributed by atoms with van der Waals surface area (Å²) >= 11 is 1.42. The van der Waals surface area contributed by atoms with Crippen LogP contribution in [0.1, 0.15) is 31.4 Å². The molecule has 116 valence electrons. The van der Waals surface area contributed by atoms with Crippen LogP contribution in [0, 0.1) is 6.92 Å². The third kappa shape index (κ3) is 4.78. The number of rotatable bonds is 5. The van der Waals surface area contributed by atoms with Crippen molar-refractivity contribution in [1.82, 2.24) is 9.88 Å². The third-order valence-electron chi connectivity index (χ3n) is 3.59. The van der Waals surface area contributed by atoms with Crippen LogP contribution in [0.3, 0.4) is 0 Å². The van der Waals surface area contributed by atoms with E-state index in [9.17, 15) is 9.59 Å². The molecule has 1 fully saturated rings. The quantitative estimate of drug-likeness (QED) is 0.840. The van der Waals surface area contributed by atoms with Gasteiger partial charge >= 0.3 is 5.97 Å². The fraction of sp³-hybridized carbons (Fsp3) is 0.643. The predicted molar refractivity (Wildman–Crippen MR) is 81.3 cm³/mol. The first-order valence-electron chi connectivity index (χ1n) is 7.11. The number of ether oxygens (including phenoxy) is 1. The van der Waals surface area contributed by atoms with E-state index >= 15 is 0 Å². The molecule has 1 amide bonds. The number of carbonyl (C=O) groups is 2. The molecule has 1 N–H and O–H groups in total. The largest absolute Gasteiger partial charge is 0.469 e. The maximum absolute atomic E-state index is 12.1. The minimum absolute atomic E-state index is 0.0823. The zero-order valence-corrected chi connectivity index (χ0v) is 13.2. The molecule has 2 rings (SSSR count). The van der Waals surface area contributed by atoms with E-state index < -0.39 is 0 Å². The summed E-state index contributed by atoms with van der Waals surface area (Å²) in [6, 6.07) is 0.0926. The molecule has 1 atom stereocenters. The van der Waals surface area contributed by atoms with Gasteiger partial charge in [0.15, 0.2) is 5.13 Å². The number of aryl methyl sites for hydroxylation is 1. The maximum Gasteiger partial charge on any atom is 0.307 e. The van der Waals surface area contributed by atoms with Gasteiger partial charge in [-0.2, -0.15) is 0 Å². The van der Waals surface area contributed by atoms with Gasteiger partial charge in [-0.15, -0.1) is 11.3 Å². The summed E-state index contributed by atoms with van der Waals surface area (Å²) in [6.07, 6.45) is 3.42. The zero-order chi connectivity index (χ0) is 15.2. The molecule has 0 radical (unpaired) electrons. The van der Waals surface area contributed by atoms with Crippen molar-refractivity contribution in [3.63, 3.8) is 0 Å². The fourth-order valence-electron chi connectivity index (χ4n) is 2.53. The van der Waals surface area contributed by atoms with E-state index in [0.29, 0.717) is 18.1 Å². The van der Waals surface area contributed by atoms with Crippen molar-refractivity contribution < 1.29 is 14.3 Å². The number of amides is 1. The molecule has 21 heavy (non-hydrogen) atoms. The molecule has 0 saturated carbocycles. The van der Waals surface area contributed by atoms with Crippen LogP contribution in [-0.4, -0.2) is 48.0 Å². The lowest BCUT2D eigenvalue weighted by molar-refractivity contribution is -0.142. The van der Waals surface area contributed by atoms with E-state index in [1.54, 1.807) is 0 Å². The number of piperidine rings is 1. The van der Waals surface area contributed by atoms with E-state index in [-0.39, 0.29) is 17.9 Å². The van der Waals surface area contributed by atoms with Gasteiger partial charge in [0.1, 0.15) is 0 Å². The Kier molecular flexibility index (Phi) is 5.69. The minimum Gasteiger partial charge on any atom is -0.469 e. The average Bonchev–Trinajstić information content (AvgIpc) is 2.86. The number of hydrogen-bond donors (Lipinski definition) is 1. The lowest BCUT2D eigenvalue weighted by Gasteiger charge is -2.34. The van der Waals surface area contributed by atoms with Crippen LogP contribution in [0.4, 0.5) is 5.13 Å². The summed E-state index contributed by atoms with van der Waals surface area (Å²) in [7, 11) is 1.40. The number of nitrogens with zero attached hydrogens (tertiary/aromatic N) is 2. The fourth-order valence-corrected chi connectivity index (χ4v) is 3.23. The van der Waals surface area contributed by atoms with Crippen molar-refractivity contribution >= 4 is 28.3 Å². The highest BCUT2D eigenvalue weighted by Gasteiger charge is 2.26. The van der Waals surface area contributed by atoms with E-state index in [0.717, 1.165) is 31.5 Å². The van der Waals surface area contributed by atoms with Crippen molar-refractivity contribution in [2.24, 2.45) is 0 Å². The second-order valence-electron chi connectivity index (χ2n) is 5.24. The summed E-state index contributed by atoms with van der Waals surface area (Å²) in [5, 5.41) is 5.33. The number of anilines is 1. The summed E-state index contributed by atoms with van der Waals surface area (Å²) in [5.74, 6) is -0.302. The number of esters is 1. The highest BCUT2D eigenvalue weighted by molar-refractivity contribution is 7.13. The maximum atomic E-state index is 12.1. The van der Waals surface area contributed by atoms with Crippen LogP contribution in [0.25, 0.3) is 0 Å². The van der Waals surface area contributed by atoms with Gasteiger partial charge in [0.05, 0.1) is 25.8 Å². The number of nitrogens with one attached hydrogen (secondary N) is 1. The van der Waals surface area contributed by atoms with E-state index in [2.05, 4.69) is 15.2 Å². The molecular formula is C14H21N3O3S. The first-order chi connectivity index (χ1) is 10.1. The van der Waals surface area contributed by atoms with Crippen molar-refractivity contribution in [2.75, 3.05) is 25.5 Å². The lowest BCUT2D eigenvalue weighted by Crippen LogP contribution is -2.45. The Morgan fingerprint density at radius 1 is 1.52 bits per heavy atom. The minimum atomic E-state index is -0.220. The Morgan fingerprint density at radius 2 is 2.33 bits per heavy atom. The van der Waals surface area contributed by atoms with Gasteiger partial charge in [-0.3, -0.25) is 14.5 Å². The predicted octanol–water partition coefficient (Wildman–Crippen LogP) is 1.81. The normalized spacial score (nSPS) is 19.2. The highest BCUT2D eigenvalue weighted by atomic mass is 32.1. The van der Waals surface area contributed by atoms with Gasteiger partial charge in [0, 0.05) is 11.4 Å². The average molecular weight is 311 g/mol. The van der Waals surface area contributed by atoms with Gasteiger partial charge in [-0.25, -0.2) is 4.98 Å². The van der Waals surface area contributed by atoms with Crippen LogP contribution >= 0.6 is 11.3 Å². The summed E-state index contributed by atoms with van der Waals surface area (Å²) in [4.78, 5) is 29.8. The summed E-state index contributed by atoms with van der Waals surface area (Å²) < 4.78 is 4.73. The van der Waals surface area contributed by atoms with E-state index in [1.807, 2.05) is 12.3 Å². The molecule has 1 unspecified atom stereocenters. The first-order valence-corrected chi connectivity index (χ1v) is 7.99. The van der Waals surface area contributed by atoms with Gasteiger partial charge < -0.3 is 10.1 Å². The Morgan fingerprint density at radius 3 is 3.00 bits per heavy atom. The van der Waals surface area contributed by atoms with Gasteiger partial charge in [-0.05, 0) is 26.3 Å². The molecule has 1 saturated heterocycles. The molecule has 1 aromatic heterocycles. The second kappa shape index (κ2) is 7.51. The molecule has 1 aliphatic rings. The molecule has 1 aromatic rings. The Labute approximate surface area is 128 Å². The standard InChI is InChI=1S/C14H21N3O3S/c1-10-9-21-14(15-10)16-12(18)8-17-6-4-3-5-11(17)7-13(19)20-2/h9,11H,3-8H2,1-2H3,(H,15,16,18). The Balaban J connectivity index is 1.89. The molecule has 0 aliphatic carbocycles. The van der Waals surface area contributed by atoms with Gasteiger partial charge in [0.25, 0.3) is 0 Å². The number of hydrogen-bond acceptors (Lipinski definition) is 6. The molecule has 0 aromatic carbocycles. The molecule has 0 spiro atoms. The van der Waals surface area contributed by atoms with Crippen molar-refractivity contribution in [3.05, 3.63) is 11.1 Å². The Bertz CT molecular complexity index is 503. The smallest absolute Gasteiger partial charge is 0.307 e. The van der Waals surface area contributed by atoms with Crippen molar-refractivity contribution in [2.45, 2.75) is 38.6 Å². The molecule has 0 bridgehead atoms. The van der Waals surface area contributed by atoms with Crippen molar-refractivity contribution in [1.29, 1.82) is 0 Å². The van der Waals surface area contributed by atoms with E-state index in [4.69, 9.17) is 4.74 Å². The molecular weight excluding hydrogens is 290 g/mol.